The van der Waals surface area contributed by atoms with Gasteiger partial charge in [-0.1, -0.05) is 110 Å². The second kappa shape index (κ2) is 12.9. The Hall–Kier alpha value is -4.71. The zero-order valence-corrected chi connectivity index (χ0v) is 23.6. The summed E-state index contributed by atoms with van der Waals surface area (Å²) in [5.74, 6) is 0.116. The van der Waals surface area contributed by atoms with Gasteiger partial charge in [0.15, 0.2) is 5.78 Å². The van der Waals surface area contributed by atoms with Crippen molar-refractivity contribution in [1.82, 2.24) is 0 Å². The molecule has 4 aromatic rings. The molecule has 1 aliphatic carbocycles. The lowest BCUT2D eigenvalue weighted by Crippen LogP contribution is -2.44. The standard InChI is InChI=1S/C37H34O5/c1-3-13-28(35-34(38)24-25-36(35,39)27-41-33-22-20-32(40-2)21-23-33)26-42-37(29-14-7-4-8-15-29,30-16-9-5-10-17-30)31-18-11-6-12-19-31/h3-25,35,39H,1,26-27H2,2H3/b28-13-/t35-,36-/m1/s1. The molecule has 0 heterocycles. The fourth-order valence-corrected chi connectivity index (χ4v) is 5.51. The molecule has 0 spiro atoms. The number of allylic oxidation sites excluding steroid dienone is 3. The van der Waals surface area contributed by atoms with Crippen molar-refractivity contribution in [2.45, 2.75) is 11.2 Å². The average Bonchev–Trinajstić information content (AvgIpc) is 3.35. The molecule has 5 rings (SSSR count). The van der Waals surface area contributed by atoms with Crippen molar-refractivity contribution in [3.8, 4) is 11.5 Å². The topological polar surface area (TPSA) is 65.0 Å². The molecule has 4 aromatic carbocycles. The third kappa shape index (κ3) is 5.84. The van der Waals surface area contributed by atoms with E-state index in [1.54, 1.807) is 43.5 Å². The minimum absolute atomic E-state index is 0.0492. The van der Waals surface area contributed by atoms with Gasteiger partial charge in [-0.3, -0.25) is 4.79 Å². The Morgan fingerprint density at radius 1 is 0.833 bits per heavy atom. The molecular weight excluding hydrogens is 524 g/mol. The van der Waals surface area contributed by atoms with E-state index < -0.39 is 17.1 Å². The molecule has 212 valence electrons. The van der Waals surface area contributed by atoms with Crippen LogP contribution in [0.4, 0.5) is 0 Å². The summed E-state index contributed by atoms with van der Waals surface area (Å²) in [5, 5.41) is 11.8. The maximum Gasteiger partial charge on any atom is 0.166 e. The lowest BCUT2D eigenvalue weighted by atomic mass is 9.79. The first-order chi connectivity index (χ1) is 20.5. The molecule has 0 unspecified atom stereocenters. The molecule has 0 aromatic heterocycles. The third-order valence-electron chi connectivity index (χ3n) is 7.55. The molecule has 5 nitrogen and oxygen atoms in total. The van der Waals surface area contributed by atoms with E-state index in [2.05, 4.69) is 6.58 Å². The van der Waals surface area contributed by atoms with Crippen molar-refractivity contribution >= 4 is 5.78 Å². The van der Waals surface area contributed by atoms with Crippen LogP contribution in [0.3, 0.4) is 0 Å². The second-order valence-electron chi connectivity index (χ2n) is 10.2. The van der Waals surface area contributed by atoms with Gasteiger partial charge in [0.25, 0.3) is 0 Å². The molecule has 1 aliphatic rings. The summed E-state index contributed by atoms with van der Waals surface area (Å²) in [6.45, 7) is 3.81. The molecule has 5 heteroatoms. The summed E-state index contributed by atoms with van der Waals surface area (Å²) in [5.41, 5.74) is 0.840. The number of ether oxygens (including phenoxy) is 3. The number of aliphatic hydroxyl groups is 1. The minimum Gasteiger partial charge on any atom is -0.497 e. The molecule has 0 aliphatic heterocycles. The van der Waals surface area contributed by atoms with Crippen LogP contribution in [0.5, 0.6) is 11.5 Å². The van der Waals surface area contributed by atoms with E-state index in [9.17, 15) is 9.90 Å². The van der Waals surface area contributed by atoms with E-state index in [-0.39, 0.29) is 19.0 Å². The summed E-state index contributed by atoms with van der Waals surface area (Å²) >= 11 is 0. The van der Waals surface area contributed by atoms with Gasteiger partial charge < -0.3 is 19.3 Å². The maximum absolute atomic E-state index is 13.3. The quantitative estimate of drug-likeness (QED) is 0.155. The molecule has 0 radical (unpaired) electrons. The highest BCUT2D eigenvalue weighted by Crippen LogP contribution is 2.42. The van der Waals surface area contributed by atoms with Gasteiger partial charge in [0, 0.05) is 0 Å². The number of hydrogen-bond acceptors (Lipinski definition) is 5. The number of hydrogen-bond donors (Lipinski definition) is 1. The van der Waals surface area contributed by atoms with Gasteiger partial charge in [-0.25, -0.2) is 0 Å². The van der Waals surface area contributed by atoms with Crippen LogP contribution in [0.25, 0.3) is 0 Å². The fourth-order valence-electron chi connectivity index (χ4n) is 5.51. The normalized spacial score (nSPS) is 18.6. The predicted octanol–water partition coefficient (Wildman–Crippen LogP) is 6.68. The molecule has 0 fully saturated rings. The van der Waals surface area contributed by atoms with E-state index in [0.717, 1.165) is 16.7 Å². The molecule has 1 N–H and O–H groups in total. The summed E-state index contributed by atoms with van der Waals surface area (Å²) in [6.07, 6.45) is 6.29. The second-order valence-corrected chi connectivity index (χ2v) is 10.2. The summed E-state index contributed by atoms with van der Waals surface area (Å²) in [4.78, 5) is 13.3. The van der Waals surface area contributed by atoms with Crippen LogP contribution in [0, 0.1) is 5.92 Å². The summed E-state index contributed by atoms with van der Waals surface area (Å²) < 4.78 is 18.1. The Balaban J connectivity index is 1.50. The summed E-state index contributed by atoms with van der Waals surface area (Å²) in [7, 11) is 1.59. The first-order valence-electron chi connectivity index (χ1n) is 13.8. The molecule has 0 saturated carbocycles. The lowest BCUT2D eigenvalue weighted by molar-refractivity contribution is -0.122. The van der Waals surface area contributed by atoms with Gasteiger partial charge in [-0.05, 0) is 58.7 Å². The molecule has 0 saturated heterocycles. The Bertz CT molecular complexity index is 1450. The van der Waals surface area contributed by atoms with Crippen molar-refractivity contribution in [3.63, 3.8) is 0 Å². The first kappa shape index (κ1) is 28.8. The van der Waals surface area contributed by atoms with E-state index in [4.69, 9.17) is 14.2 Å². The number of rotatable bonds is 12. The predicted molar refractivity (Wildman–Crippen MR) is 165 cm³/mol. The molecular formula is C37H34O5. The van der Waals surface area contributed by atoms with E-state index >= 15 is 0 Å². The zero-order valence-electron chi connectivity index (χ0n) is 23.6. The van der Waals surface area contributed by atoms with Crippen molar-refractivity contribution < 1.29 is 24.1 Å². The van der Waals surface area contributed by atoms with Crippen molar-refractivity contribution in [3.05, 3.63) is 168 Å². The zero-order chi connectivity index (χ0) is 29.4. The van der Waals surface area contributed by atoms with Crippen LogP contribution >= 0.6 is 0 Å². The number of ketones is 1. The average molecular weight is 559 g/mol. The minimum atomic E-state index is -1.58. The highest BCUT2D eigenvalue weighted by Gasteiger charge is 2.47. The Kier molecular flexibility index (Phi) is 8.82. The SMILES string of the molecule is C=C/C=C(/COC(c1ccccc1)(c1ccccc1)c1ccccc1)[C@@H]1C(=O)C=C[C@@]1(O)COc1ccc(OC)cc1. The largest absolute Gasteiger partial charge is 0.497 e. The van der Waals surface area contributed by atoms with Crippen LogP contribution < -0.4 is 9.47 Å². The Morgan fingerprint density at radius 2 is 1.33 bits per heavy atom. The smallest absolute Gasteiger partial charge is 0.166 e. The first-order valence-corrected chi connectivity index (χ1v) is 13.8. The van der Waals surface area contributed by atoms with Gasteiger partial charge in [0.05, 0.1) is 19.6 Å². The van der Waals surface area contributed by atoms with Gasteiger partial charge in [0.1, 0.15) is 29.3 Å². The number of methoxy groups -OCH3 is 1. The van der Waals surface area contributed by atoms with Gasteiger partial charge in [-0.2, -0.15) is 0 Å². The summed E-state index contributed by atoms with van der Waals surface area (Å²) in [6, 6.07) is 37.1. The number of carbonyl (C=O) groups excluding carboxylic acids is 1. The van der Waals surface area contributed by atoms with Crippen molar-refractivity contribution in [2.75, 3.05) is 20.3 Å². The molecule has 2 atom stereocenters. The highest BCUT2D eigenvalue weighted by atomic mass is 16.5. The van der Waals surface area contributed by atoms with Crippen LogP contribution in [-0.2, 0) is 15.1 Å². The van der Waals surface area contributed by atoms with Gasteiger partial charge >= 0.3 is 0 Å². The van der Waals surface area contributed by atoms with Crippen LogP contribution in [0.15, 0.2) is 152 Å². The molecule has 42 heavy (non-hydrogen) atoms. The highest BCUT2D eigenvalue weighted by molar-refractivity contribution is 5.98. The van der Waals surface area contributed by atoms with Gasteiger partial charge in [-0.15, -0.1) is 0 Å². The van der Waals surface area contributed by atoms with E-state index in [1.807, 2.05) is 91.0 Å². The van der Waals surface area contributed by atoms with E-state index in [1.165, 1.54) is 12.2 Å². The number of benzene rings is 4. The van der Waals surface area contributed by atoms with Crippen LogP contribution in [0.2, 0.25) is 0 Å². The van der Waals surface area contributed by atoms with Gasteiger partial charge in [0.2, 0.25) is 0 Å². The molecule has 0 amide bonds. The van der Waals surface area contributed by atoms with Crippen molar-refractivity contribution in [2.24, 2.45) is 5.92 Å². The third-order valence-corrected chi connectivity index (χ3v) is 7.55. The monoisotopic (exact) mass is 558 g/mol. The van der Waals surface area contributed by atoms with E-state index in [0.29, 0.717) is 17.1 Å². The Labute approximate surface area is 247 Å². The van der Waals surface area contributed by atoms with Crippen molar-refractivity contribution in [1.29, 1.82) is 0 Å². The van der Waals surface area contributed by atoms with Crippen LogP contribution in [0.1, 0.15) is 16.7 Å². The molecule has 0 bridgehead atoms. The maximum atomic E-state index is 13.3. The van der Waals surface area contributed by atoms with Crippen LogP contribution in [-0.4, -0.2) is 36.8 Å². The number of carbonyl (C=O) groups is 1. The fraction of sp³-hybridized carbons (Fsp3) is 0.162. The lowest BCUT2D eigenvalue weighted by Gasteiger charge is -2.37. The Morgan fingerprint density at radius 3 is 1.81 bits per heavy atom.